The van der Waals surface area contributed by atoms with E-state index in [-0.39, 0.29) is 0 Å². The summed E-state index contributed by atoms with van der Waals surface area (Å²) in [6.07, 6.45) is 2.60. The van der Waals surface area contributed by atoms with Gasteiger partial charge in [0.05, 0.1) is 0 Å². The Morgan fingerprint density at radius 3 is 2.55 bits per heavy atom. The molecule has 1 aliphatic heterocycles. The minimum atomic E-state index is 0.627. The van der Waals surface area contributed by atoms with Crippen molar-refractivity contribution < 1.29 is 0 Å². The van der Waals surface area contributed by atoms with Crippen LogP contribution < -0.4 is 5.32 Å². The largest absolute Gasteiger partial charge is 0.313 e. The summed E-state index contributed by atoms with van der Waals surface area (Å²) < 4.78 is 2.49. The standard InChI is InChI=1S/C19H24N2S/c1-16-9-11-19(12-10-16)22-21(15-18-8-5-13-20-18)14-17-6-3-2-4-7-17/h2-4,6-7,9-12,18,20H,5,8,13-15H2,1H3. The zero-order chi connectivity index (χ0) is 15.2. The molecule has 0 saturated carbocycles. The number of benzene rings is 2. The Morgan fingerprint density at radius 2 is 1.86 bits per heavy atom. The van der Waals surface area contributed by atoms with Crippen molar-refractivity contribution >= 4 is 11.9 Å². The van der Waals surface area contributed by atoms with Gasteiger partial charge in [-0.15, -0.1) is 0 Å². The van der Waals surface area contributed by atoms with Crippen LogP contribution in [0.25, 0.3) is 0 Å². The second kappa shape index (κ2) is 7.82. The Bertz CT molecular complexity index is 562. The van der Waals surface area contributed by atoms with Gasteiger partial charge in [0.25, 0.3) is 0 Å². The molecular weight excluding hydrogens is 288 g/mol. The van der Waals surface area contributed by atoms with Gasteiger partial charge in [-0.05, 0) is 56.0 Å². The monoisotopic (exact) mass is 312 g/mol. The summed E-state index contributed by atoms with van der Waals surface area (Å²) in [5.74, 6) is 0. The Hall–Kier alpha value is -1.29. The van der Waals surface area contributed by atoms with Gasteiger partial charge in [0.1, 0.15) is 0 Å². The van der Waals surface area contributed by atoms with E-state index in [9.17, 15) is 0 Å². The quantitative estimate of drug-likeness (QED) is 0.803. The lowest BCUT2D eigenvalue weighted by Gasteiger charge is -2.24. The summed E-state index contributed by atoms with van der Waals surface area (Å²) >= 11 is 1.87. The Kier molecular flexibility index (Phi) is 5.54. The number of hydrogen-bond acceptors (Lipinski definition) is 3. The van der Waals surface area contributed by atoms with Gasteiger partial charge in [0, 0.05) is 24.0 Å². The van der Waals surface area contributed by atoms with Crippen molar-refractivity contribution in [2.75, 3.05) is 13.1 Å². The lowest BCUT2D eigenvalue weighted by Crippen LogP contribution is -2.33. The smallest absolute Gasteiger partial charge is 0.0344 e. The SMILES string of the molecule is Cc1ccc(SN(Cc2ccccc2)CC2CCCN2)cc1. The first-order valence-corrected chi connectivity index (χ1v) is 8.84. The normalized spacial score (nSPS) is 18.0. The number of hydrogen-bond donors (Lipinski definition) is 1. The predicted octanol–water partition coefficient (Wildman–Crippen LogP) is 4.26. The fraction of sp³-hybridized carbons (Fsp3) is 0.368. The lowest BCUT2D eigenvalue weighted by atomic mass is 10.2. The van der Waals surface area contributed by atoms with Crippen LogP contribution in [0.2, 0.25) is 0 Å². The van der Waals surface area contributed by atoms with E-state index in [2.05, 4.69) is 71.1 Å². The maximum Gasteiger partial charge on any atom is 0.0344 e. The molecule has 1 fully saturated rings. The van der Waals surface area contributed by atoms with E-state index in [4.69, 9.17) is 0 Å². The molecular formula is C19H24N2S. The number of nitrogens with one attached hydrogen (secondary N) is 1. The van der Waals surface area contributed by atoms with Crippen molar-refractivity contribution in [2.24, 2.45) is 0 Å². The third kappa shape index (κ3) is 4.60. The Morgan fingerprint density at radius 1 is 1.09 bits per heavy atom. The second-order valence-electron chi connectivity index (χ2n) is 6.01. The molecule has 3 rings (SSSR count). The molecule has 1 aliphatic rings. The molecule has 0 aromatic heterocycles. The first-order chi connectivity index (χ1) is 10.8. The van der Waals surface area contributed by atoms with E-state index >= 15 is 0 Å². The van der Waals surface area contributed by atoms with E-state index in [0.717, 1.165) is 13.1 Å². The number of nitrogens with zero attached hydrogens (tertiary/aromatic N) is 1. The maximum atomic E-state index is 3.61. The van der Waals surface area contributed by atoms with Gasteiger partial charge in [0.2, 0.25) is 0 Å². The van der Waals surface area contributed by atoms with Crippen LogP contribution >= 0.6 is 11.9 Å². The highest BCUT2D eigenvalue weighted by molar-refractivity contribution is 7.97. The van der Waals surface area contributed by atoms with Gasteiger partial charge in [-0.25, -0.2) is 4.31 Å². The molecule has 2 nitrogen and oxygen atoms in total. The van der Waals surface area contributed by atoms with Crippen molar-refractivity contribution in [1.82, 2.24) is 9.62 Å². The molecule has 0 bridgehead atoms. The van der Waals surface area contributed by atoms with Crippen LogP contribution in [0.5, 0.6) is 0 Å². The highest BCUT2D eigenvalue weighted by Crippen LogP contribution is 2.26. The molecule has 1 unspecified atom stereocenters. The third-order valence-corrected chi connectivity index (χ3v) is 5.06. The van der Waals surface area contributed by atoms with Crippen molar-refractivity contribution in [1.29, 1.82) is 0 Å². The minimum Gasteiger partial charge on any atom is -0.313 e. The van der Waals surface area contributed by atoms with Crippen LogP contribution in [0.1, 0.15) is 24.0 Å². The molecule has 0 radical (unpaired) electrons. The summed E-state index contributed by atoms with van der Waals surface area (Å²) in [4.78, 5) is 1.32. The summed E-state index contributed by atoms with van der Waals surface area (Å²) in [7, 11) is 0. The van der Waals surface area contributed by atoms with Crippen LogP contribution in [0.15, 0.2) is 59.5 Å². The van der Waals surface area contributed by atoms with Crippen molar-refractivity contribution in [2.45, 2.75) is 37.2 Å². The fourth-order valence-electron chi connectivity index (χ4n) is 2.83. The summed E-state index contributed by atoms with van der Waals surface area (Å²) in [6.45, 7) is 5.38. The molecule has 2 aromatic rings. The number of rotatable bonds is 6. The van der Waals surface area contributed by atoms with E-state index in [0.29, 0.717) is 6.04 Å². The molecule has 3 heteroatoms. The zero-order valence-electron chi connectivity index (χ0n) is 13.2. The predicted molar refractivity (Wildman–Crippen MR) is 94.9 cm³/mol. The van der Waals surface area contributed by atoms with Crippen molar-refractivity contribution in [3.8, 4) is 0 Å². The van der Waals surface area contributed by atoms with E-state index < -0.39 is 0 Å². The molecule has 1 heterocycles. The zero-order valence-corrected chi connectivity index (χ0v) is 14.0. The van der Waals surface area contributed by atoms with E-state index in [1.54, 1.807) is 0 Å². The molecule has 22 heavy (non-hydrogen) atoms. The van der Waals surface area contributed by atoms with Crippen LogP contribution in [0, 0.1) is 6.92 Å². The van der Waals surface area contributed by atoms with Gasteiger partial charge in [0.15, 0.2) is 0 Å². The second-order valence-corrected chi connectivity index (χ2v) is 7.18. The first kappa shape index (κ1) is 15.6. The molecule has 116 valence electrons. The lowest BCUT2D eigenvalue weighted by molar-refractivity contribution is 0.403. The first-order valence-electron chi connectivity index (χ1n) is 8.06. The summed E-state index contributed by atoms with van der Waals surface area (Å²) in [5.41, 5.74) is 2.69. The average Bonchev–Trinajstić information content (AvgIpc) is 3.03. The van der Waals surface area contributed by atoms with Gasteiger partial charge in [-0.2, -0.15) is 0 Å². The van der Waals surface area contributed by atoms with Crippen LogP contribution in [0.3, 0.4) is 0 Å². The molecule has 1 N–H and O–H groups in total. The fourth-order valence-corrected chi connectivity index (χ4v) is 3.85. The van der Waals surface area contributed by atoms with Crippen molar-refractivity contribution in [3.05, 3.63) is 65.7 Å². The summed E-state index contributed by atoms with van der Waals surface area (Å²) in [5, 5.41) is 3.61. The molecule has 0 spiro atoms. The van der Waals surface area contributed by atoms with E-state index in [1.165, 1.54) is 35.4 Å². The van der Waals surface area contributed by atoms with E-state index in [1.807, 2.05) is 11.9 Å². The molecule has 1 saturated heterocycles. The van der Waals surface area contributed by atoms with Crippen LogP contribution in [0.4, 0.5) is 0 Å². The highest BCUT2D eigenvalue weighted by Gasteiger charge is 2.19. The Labute approximate surface area is 138 Å². The third-order valence-electron chi connectivity index (χ3n) is 4.04. The average molecular weight is 312 g/mol. The molecule has 1 atom stereocenters. The molecule has 0 amide bonds. The van der Waals surface area contributed by atoms with Crippen LogP contribution in [-0.4, -0.2) is 23.4 Å². The topological polar surface area (TPSA) is 15.3 Å². The minimum absolute atomic E-state index is 0.627. The molecule has 0 aliphatic carbocycles. The maximum absolute atomic E-state index is 3.61. The highest BCUT2D eigenvalue weighted by atomic mass is 32.2. The molecule has 2 aromatic carbocycles. The number of aryl methyl sites for hydroxylation is 1. The van der Waals surface area contributed by atoms with Crippen molar-refractivity contribution in [3.63, 3.8) is 0 Å². The van der Waals surface area contributed by atoms with Gasteiger partial charge >= 0.3 is 0 Å². The van der Waals surface area contributed by atoms with Gasteiger partial charge < -0.3 is 5.32 Å². The van der Waals surface area contributed by atoms with Gasteiger partial charge in [-0.1, -0.05) is 48.0 Å². The van der Waals surface area contributed by atoms with Gasteiger partial charge in [-0.3, -0.25) is 0 Å². The Balaban J connectivity index is 1.68. The summed E-state index contributed by atoms with van der Waals surface area (Å²) in [6, 6.07) is 20.2. The van der Waals surface area contributed by atoms with Crippen LogP contribution in [-0.2, 0) is 6.54 Å².